The van der Waals surface area contributed by atoms with Gasteiger partial charge in [-0.2, -0.15) is 10.2 Å². The Morgan fingerprint density at radius 1 is 0.969 bits per heavy atom. The van der Waals surface area contributed by atoms with E-state index in [1.165, 1.54) is 12.1 Å². The summed E-state index contributed by atoms with van der Waals surface area (Å²) in [6, 6.07) is 18.2. The van der Waals surface area contributed by atoms with E-state index >= 15 is 0 Å². The molecule has 0 heterocycles. The molecule has 0 spiro atoms. The molecule has 0 amide bonds. The van der Waals surface area contributed by atoms with Crippen LogP contribution in [-0.4, -0.2) is 28.6 Å². The number of esters is 1. The van der Waals surface area contributed by atoms with Gasteiger partial charge in [0.15, 0.2) is 17.3 Å². The van der Waals surface area contributed by atoms with Gasteiger partial charge in [-0.05, 0) is 24.6 Å². The number of carbonyl (C=O) groups is 2. The minimum absolute atomic E-state index is 0.0786. The molecule has 2 N–H and O–H groups in total. The van der Waals surface area contributed by atoms with Crippen LogP contribution in [0.1, 0.15) is 28.4 Å². The maximum atomic E-state index is 12.7. The molecule has 0 atom stereocenters. The first-order valence-corrected chi connectivity index (χ1v) is 9.85. The predicted molar refractivity (Wildman–Crippen MR) is 120 cm³/mol. The first-order valence-electron chi connectivity index (χ1n) is 9.85. The van der Waals surface area contributed by atoms with Crippen LogP contribution in [0.3, 0.4) is 0 Å². The van der Waals surface area contributed by atoms with Gasteiger partial charge in [-0.15, -0.1) is 0 Å². The second-order valence-electron chi connectivity index (χ2n) is 7.05. The summed E-state index contributed by atoms with van der Waals surface area (Å²) < 4.78 is 5.13. The lowest BCUT2D eigenvalue weighted by atomic mass is 10.0. The molecule has 3 rings (SSSR count). The van der Waals surface area contributed by atoms with Gasteiger partial charge < -0.3 is 14.9 Å². The lowest BCUT2D eigenvalue weighted by molar-refractivity contribution is -0.138. The third-order valence-corrected chi connectivity index (χ3v) is 4.57. The summed E-state index contributed by atoms with van der Waals surface area (Å²) in [7, 11) is 0. The fraction of sp³-hybridized carbons (Fsp3) is 0.120. The molecule has 0 saturated carbocycles. The van der Waals surface area contributed by atoms with Gasteiger partial charge in [-0.3, -0.25) is 4.79 Å². The van der Waals surface area contributed by atoms with Crippen molar-refractivity contribution in [3.63, 3.8) is 0 Å². The molecule has 32 heavy (non-hydrogen) atoms. The summed E-state index contributed by atoms with van der Waals surface area (Å²) in [5.74, 6) is -1.90. The number of azo groups is 1. The highest BCUT2D eigenvalue weighted by Gasteiger charge is 2.18. The highest BCUT2D eigenvalue weighted by atomic mass is 16.5. The highest BCUT2D eigenvalue weighted by molar-refractivity contribution is 6.11. The molecular weight excluding hydrogens is 408 g/mol. The number of hydrogen-bond acceptors (Lipinski definition) is 7. The van der Waals surface area contributed by atoms with E-state index in [1.54, 1.807) is 49.4 Å². The maximum absolute atomic E-state index is 12.7. The molecule has 0 aliphatic carbocycles. The third kappa shape index (κ3) is 5.46. The molecule has 7 heteroatoms. The fourth-order valence-electron chi connectivity index (χ4n) is 2.89. The van der Waals surface area contributed by atoms with Gasteiger partial charge in [-0.1, -0.05) is 55.1 Å². The van der Waals surface area contributed by atoms with Crippen LogP contribution >= 0.6 is 0 Å². The van der Waals surface area contributed by atoms with E-state index in [2.05, 4.69) is 16.8 Å². The Labute approximate surface area is 185 Å². The summed E-state index contributed by atoms with van der Waals surface area (Å²) in [6.45, 7) is 5.28. The minimum Gasteiger partial charge on any atom is -0.504 e. The number of ether oxygens (including phenoxy) is 1. The second kappa shape index (κ2) is 10.2. The standard InChI is InChI=1S/C25H22N2O5/c1-16(2)25(31)32-13-12-17-8-6-7-11-21(17)27-26-19-14-20(24(30)22(28)15-19)23(29)18-9-4-3-5-10-18/h3-11,14-15,28,30H,1,12-13H2,2H3. The van der Waals surface area contributed by atoms with Gasteiger partial charge in [0.2, 0.25) is 0 Å². The van der Waals surface area contributed by atoms with E-state index < -0.39 is 23.3 Å². The molecule has 162 valence electrons. The molecule has 0 aliphatic rings. The molecule has 0 aliphatic heterocycles. The van der Waals surface area contributed by atoms with Gasteiger partial charge >= 0.3 is 5.97 Å². The van der Waals surface area contributed by atoms with Crippen molar-refractivity contribution in [1.82, 2.24) is 0 Å². The van der Waals surface area contributed by atoms with Crippen molar-refractivity contribution >= 4 is 23.1 Å². The number of aromatic hydroxyl groups is 2. The van der Waals surface area contributed by atoms with Crippen LogP contribution in [0.2, 0.25) is 0 Å². The van der Waals surface area contributed by atoms with Crippen LogP contribution < -0.4 is 0 Å². The van der Waals surface area contributed by atoms with Crippen LogP contribution in [0.5, 0.6) is 11.5 Å². The number of carbonyl (C=O) groups excluding carboxylic acids is 2. The number of phenols is 2. The van der Waals surface area contributed by atoms with E-state index in [9.17, 15) is 19.8 Å². The van der Waals surface area contributed by atoms with Gasteiger partial charge in [0.25, 0.3) is 0 Å². The van der Waals surface area contributed by atoms with E-state index in [-0.39, 0.29) is 17.9 Å². The van der Waals surface area contributed by atoms with Gasteiger partial charge in [0.1, 0.15) is 0 Å². The Kier molecular flexibility index (Phi) is 7.13. The van der Waals surface area contributed by atoms with Gasteiger partial charge in [0, 0.05) is 23.6 Å². The second-order valence-corrected chi connectivity index (χ2v) is 7.05. The summed E-state index contributed by atoms with van der Waals surface area (Å²) >= 11 is 0. The molecule has 0 bridgehead atoms. The summed E-state index contributed by atoms with van der Waals surface area (Å²) in [5.41, 5.74) is 2.15. The van der Waals surface area contributed by atoms with Crippen molar-refractivity contribution in [3.05, 3.63) is 95.6 Å². The monoisotopic (exact) mass is 430 g/mol. The Bertz CT molecular complexity index is 1190. The summed E-state index contributed by atoms with van der Waals surface area (Å²) in [6.07, 6.45) is 0.423. The number of benzene rings is 3. The lowest BCUT2D eigenvalue weighted by Crippen LogP contribution is -2.08. The smallest absolute Gasteiger partial charge is 0.333 e. The normalized spacial score (nSPS) is 10.8. The van der Waals surface area contributed by atoms with Crippen molar-refractivity contribution in [2.24, 2.45) is 10.2 Å². The van der Waals surface area contributed by atoms with E-state index in [4.69, 9.17) is 4.74 Å². The Hall–Kier alpha value is -4.26. The van der Waals surface area contributed by atoms with Crippen molar-refractivity contribution in [2.75, 3.05) is 6.61 Å². The summed E-state index contributed by atoms with van der Waals surface area (Å²) in [5, 5.41) is 28.6. The van der Waals surface area contributed by atoms with Crippen LogP contribution in [0, 0.1) is 0 Å². The summed E-state index contributed by atoms with van der Waals surface area (Å²) in [4.78, 5) is 24.3. The number of nitrogens with zero attached hydrogens (tertiary/aromatic N) is 2. The number of phenolic OH excluding ortho intramolecular Hbond substituents is 2. The van der Waals surface area contributed by atoms with Crippen molar-refractivity contribution in [2.45, 2.75) is 13.3 Å². The number of ketones is 1. The first kappa shape index (κ1) is 22.4. The zero-order valence-electron chi connectivity index (χ0n) is 17.5. The molecule has 7 nitrogen and oxygen atoms in total. The average molecular weight is 430 g/mol. The zero-order chi connectivity index (χ0) is 23.1. The quantitative estimate of drug-likeness (QED) is 0.163. The third-order valence-electron chi connectivity index (χ3n) is 4.57. The Morgan fingerprint density at radius 3 is 2.38 bits per heavy atom. The highest BCUT2D eigenvalue weighted by Crippen LogP contribution is 2.36. The predicted octanol–water partition coefficient (Wildman–Crippen LogP) is 5.41. The molecule has 3 aromatic carbocycles. The molecule has 0 radical (unpaired) electrons. The van der Waals surface area contributed by atoms with E-state index in [0.29, 0.717) is 23.2 Å². The largest absolute Gasteiger partial charge is 0.504 e. The van der Waals surface area contributed by atoms with Gasteiger partial charge in [0.05, 0.1) is 23.5 Å². The molecule has 3 aromatic rings. The fourth-order valence-corrected chi connectivity index (χ4v) is 2.89. The molecule has 0 unspecified atom stereocenters. The van der Waals surface area contributed by atoms with E-state index in [0.717, 1.165) is 5.56 Å². The lowest BCUT2D eigenvalue weighted by Gasteiger charge is -2.08. The molecule has 0 saturated heterocycles. The zero-order valence-corrected chi connectivity index (χ0v) is 17.5. The van der Waals surface area contributed by atoms with Gasteiger partial charge in [-0.25, -0.2) is 4.79 Å². The number of rotatable bonds is 8. The number of hydrogen-bond donors (Lipinski definition) is 2. The van der Waals surface area contributed by atoms with Crippen molar-refractivity contribution in [1.29, 1.82) is 0 Å². The SMILES string of the molecule is C=C(C)C(=O)OCCc1ccccc1N=Nc1cc(O)c(O)c(C(=O)c2ccccc2)c1. The average Bonchev–Trinajstić information content (AvgIpc) is 2.80. The Balaban J connectivity index is 1.83. The molecule has 0 fully saturated rings. The van der Waals surface area contributed by atoms with E-state index in [1.807, 2.05) is 12.1 Å². The van der Waals surface area contributed by atoms with Crippen LogP contribution in [0.25, 0.3) is 0 Å². The Morgan fingerprint density at radius 2 is 1.66 bits per heavy atom. The first-order chi connectivity index (χ1) is 15.4. The molecule has 0 aromatic heterocycles. The van der Waals surface area contributed by atoms with Crippen molar-refractivity contribution < 1.29 is 24.5 Å². The molecular formula is C25H22N2O5. The van der Waals surface area contributed by atoms with Crippen LogP contribution in [0.4, 0.5) is 11.4 Å². The topological polar surface area (TPSA) is 109 Å². The van der Waals surface area contributed by atoms with Crippen LogP contribution in [-0.2, 0) is 16.0 Å². The van der Waals surface area contributed by atoms with Crippen molar-refractivity contribution in [3.8, 4) is 11.5 Å². The minimum atomic E-state index is -0.516. The van der Waals surface area contributed by atoms with Crippen LogP contribution in [0.15, 0.2) is 89.1 Å². The maximum Gasteiger partial charge on any atom is 0.333 e.